The van der Waals surface area contributed by atoms with E-state index in [0.29, 0.717) is 30.8 Å². The van der Waals surface area contributed by atoms with Crippen LogP contribution >= 0.6 is 0 Å². The molecule has 1 fully saturated rings. The number of carbonyl (C=O) groups excluding carboxylic acids is 1. The quantitative estimate of drug-likeness (QED) is 0.776. The van der Waals surface area contributed by atoms with Gasteiger partial charge in [-0.3, -0.25) is 4.79 Å². The third kappa shape index (κ3) is 3.23. The fourth-order valence-corrected chi connectivity index (χ4v) is 5.53. The van der Waals surface area contributed by atoms with Gasteiger partial charge in [0, 0.05) is 19.0 Å². The van der Waals surface area contributed by atoms with Crippen molar-refractivity contribution in [2.45, 2.75) is 38.5 Å². The first-order valence-corrected chi connectivity index (χ1v) is 10.0. The molecule has 1 aliphatic carbocycles. The Morgan fingerprint density at radius 3 is 2.52 bits per heavy atom. The summed E-state index contributed by atoms with van der Waals surface area (Å²) in [6, 6.07) is 6.99. The average Bonchev–Trinajstić information content (AvgIpc) is 2.84. The fourth-order valence-electron chi connectivity index (χ4n) is 3.94. The summed E-state index contributed by atoms with van der Waals surface area (Å²) in [6.45, 7) is 10.7. The van der Waals surface area contributed by atoms with Crippen LogP contribution in [0.3, 0.4) is 0 Å². The van der Waals surface area contributed by atoms with Crippen LogP contribution in [0.25, 0.3) is 0 Å². The molecule has 1 aromatic carbocycles. The second-order valence-corrected chi connectivity index (χ2v) is 9.58. The summed E-state index contributed by atoms with van der Waals surface area (Å²) in [5.74, 6) is 0.148. The van der Waals surface area contributed by atoms with E-state index in [1.54, 1.807) is 23.4 Å². The third-order valence-corrected chi connectivity index (χ3v) is 7.43. The molecule has 2 unspecified atom stereocenters. The van der Waals surface area contributed by atoms with Crippen LogP contribution < -0.4 is 0 Å². The molecule has 0 aromatic heterocycles. The van der Waals surface area contributed by atoms with Crippen molar-refractivity contribution in [1.82, 2.24) is 4.31 Å². The second kappa shape index (κ2) is 6.22. The minimum absolute atomic E-state index is 0.0702. The zero-order valence-corrected chi connectivity index (χ0v) is 15.9. The Balaban J connectivity index is 1.91. The first-order valence-electron chi connectivity index (χ1n) is 8.58. The van der Waals surface area contributed by atoms with E-state index >= 15 is 0 Å². The monoisotopic (exact) mass is 359 g/mol. The van der Waals surface area contributed by atoms with Crippen LogP contribution in [0.15, 0.2) is 53.0 Å². The zero-order chi connectivity index (χ0) is 18.4. The number of rotatable bonds is 3. The maximum absolute atomic E-state index is 13.0. The van der Waals surface area contributed by atoms with E-state index in [1.807, 2.05) is 25.1 Å². The molecule has 134 valence electrons. The minimum atomic E-state index is -3.51. The number of allylic oxidation sites excluding steroid dienone is 2. The molecule has 3 rings (SSSR count). The van der Waals surface area contributed by atoms with Gasteiger partial charge in [-0.1, -0.05) is 42.8 Å². The van der Waals surface area contributed by atoms with E-state index < -0.39 is 10.0 Å². The lowest BCUT2D eigenvalue weighted by Gasteiger charge is -2.29. The smallest absolute Gasteiger partial charge is 0.243 e. The lowest BCUT2D eigenvalue weighted by atomic mass is 9.75. The standard InChI is InChI=1S/C20H25NO3S/c1-14-5-7-18(8-6-14)25(23,24)21-12-19-15(2)11-17(16(3)22)9-10-20(19,4)13-21/h5-9,19H,2,10-13H2,1,3-4H3. The van der Waals surface area contributed by atoms with E-state index in [-0.39, 0.29) is 17.1 Å². The number of ketones is 1. The largest absolute Gasteiger partial charge is 0.295 e. The Morgan fingerprint density at radius 2 is 1.92 bits per heavy atom. The number of nitrogens with zero attached hydrogens (tertiary/aromatic N) is 1. The SMILES string of the molecule is C=C1CC(C(C)=O)=CCC2(C)CN(S(=O)(=O)c3ccc(C)cc3)CC12. The van der Waals surface area contributed by atoms with Crippen molar-refractivity contribution in [2.24, 2.45) is 11.3 Å². The highest BCUT2D eigenvalue weighted by Gasteiger charge is 2.48. The molecule has 0 amide bonds. The number of aryl methyl sites for hydroxylation is 1. The Morgan fingerprint density at radius 1 is 1.28 bits per heavy atom. The first kappa shape index (κ1) is 18.1. The van der Waals surface area contributed by atoms with Crippen molar-refractivity contribution in [1.29, 1.82) is 0 Å². The maximum atomic E-state index is 13.0. The Hall–Kier alpha value is -1.72. The molecule has 4 nitrogen and oxygen atoms in total. The molecule has 0 bridgehead atoms. The van der Waals surface area contributed by atoms with Crippen molar-refractivity contribution >= 4 is 15.8 Å². The van der Waals surface area contributed by atoms with Gasteiger partial charge in [0.2, 0.25) is 10.0 Å². The molecule has 1 aliphatic heterocycles. The molecule has 1 saturated heterocycles. The van der Waals surface area contributed by atoms with E-state index in [4.69, 9.17) is 0 Å². The van der Waals surface area contributed by atoms with Gasteiger partial charge in [-0.15, -0.1) is 0 Å². The molecule has 1 aromatic rings. The van der Waals surface area contributed by atoms with Crippen molar-refractivity contribution < 1.29 is 13.2 Å². The van der Waals surface area contributed by atoms with Gasteiger partial charge in [-0.25, -0.2) is 8.42 Å². The summed E-state index contributed by atoms with van der Waals surface area (Å²) in [5.41, 5.74) is 2.58. The normalized spacial score (nSPS) is 27.6. The van der Waals surface area contributed by atoms with Crippen molar-refractivity contribution in [3.63, 3.8) is 0 Å². The number of hydrogen-bond donors (Lipinski definition) is 0. The van der Waals surface area contributed by atoms with E-state index in [9.17, 15) is 13.2 Å². The van der Waals surface area contributed by atoms with Gasteiger partial charge in [0.15, 0.2) is 5.78 Å². The molecular formula is C20H25NO3S. The van der Waals surface area contributed by atoms with Gasteiger partial charge >= 0.3 is 0 Å². The highest BCUT2D eigenvalue weighted by atomic mass is 32.2. The topological polar surface area (TPSA) is 54.5 Å². The molecule has 0 N–H and O–H groups in total. The maximum Gasteiger partial charge on any atom is 0.243 e. The summed E-state index contributed by atoms with van der Waals surface area (Å²) in [7, 11) is -3.51. The van der Waals surface area contributed by atoms with Crippen molar-refractivity contribution in [2.75, 3.05) is 13.1 Å². The van der Waals surface area contributed by atoms with Gasteiger partial charge in [0.1, 0.15) is 0 Å². The summed E-state index contributed by atoms with van der Waals surface area (Å²) in [5, 5.41) is 0. The van der Waals surface area contributed by atoms with Crippen LogP contribution in [-0.2, 0) is 14.8 Å². The molecule has 0 saturated carbocycles. The molecule has 2 aliphatic rings. The third-order valence-electron chi connectivity index (χ3n) is 5.60. The predicted octanol–water partition coefficient (Wildman–Crippen LogP) is 3.49. The van der Waals surface area contributed by atoms with Crippen LogP contribution in [-0.4, -0.2) is 31.6 Å². The van der Waals surface area contributed by atoms with Crippen LogP contribution in [0.4, 0.5) is 0 Å². The van der Waals surface area contributed by atoms with Crippen molar-refractivity contribution in [3.05, 3.63) is 53.6 Å². The molecular weight excluding hydrogens is 334 g/mol. The van der Waals surface area contributed by atoms with Gasteiger partial charge in [-0.05, 0) is 49.8 Å². The summed E-state index contributed by atoms with van der Waals surface area (Å²) >= 11 is 0. The zero-order valence-electron chi connectivity index (χ0n) is 15.1. The Labute approximate surface area is 150 Å². The number of sulfonamides is 1. The van der Waals surface area contributed by atoms with E-state index in [2.05, 4.69) is 13.5 Å². The first-order chi connectivity index (χ1) is 11.6. The number of benzene rings is 1. The summed E-state index contributed by atoms with van der Waals surface area (Å²) in [4.78, 5) is 12.1. The molecule has 0 spiro atoms. The van der Waals surface area contributed by atoms with Gasteiger partial charge in [0.05, 0.1) is 4.90 Å². The highest BCUT2D eigenvalue weighted by Crippen LogP contribution is 2.47. The van der Waals surface area contributed by atoms with E-state index in [0.717, 1.165) is 16.7 Å². The number of carbonyl (C=O) groups is 1. The predicted molar refractivity (Wildman–Crippen MR) is 98.7 cm³/mol. The molecule has 0 radical (unpaired) electrons. The number of hydrogen-bond acceptors (Lipinski definition) is 3. The van der Waals surface area contributed by atoms with E-state index in [1.165, 1.54) is 0 Å². The van der Waals surface area contributed by atoms with Crippen LogP contribution in [0.5, 0.6) is 0 Å². The highest BCUT2D eigenvalue weighted by molar-refractivity contribution is 7.89. The molecule has 25 heavy (non-hydrogen) atoms. The second-order valence-electron chi connectivity index (χ2n) is 7.64. The minimum Gasteiger partial charge on any atom is -0.295 e. The van der Waals surface area contributed by atoms with Crippen molar-refractivity contribution in [3.8, 4) is 0 Å². The van der Waals surface area contributed by atoms with Gasteiger partial charge in [0.25, 0.3) is 0 Å². The Bertz CT molecular complexity index is 851. The molecule has 1 heterocycles. The number of Topliss-reactive ketones (excluding diaryl/α,β-unsaturated/α-hetero) is 1. The lowest BCUT2D eigenvalue weighted by Crippen LogP contribution is -2.31. The molecule has 5 heteroatoms. The average molecular weight is 359 g/mol. The summed E-state index contributed by atoms with van der Waals surface area (Å²) < 4.78 is 27.6. The Kier molecular flexibility index (Phi) is 4.50. The van der Waals surface area contributed by atoms with Gasteiger partial charge < -0.3 is 0 Å². The molecule has 2 atom stereocenters. The lowest BCUT2D eigenvalue weighted by molar-refractivity contribution is -0.113. The van der Waals surface area contributed by atoms with Crippen LogP contribution in [0.1, 0.15) is 32.3 Å². The number of fused-ring (bicyclic) bond motifs is 1. The van der Waals surface area contributed by atoms with Crippen LogP contribution in [0.2, 0.25) is 0 Å². The van der Waals surface area contributed by atoms with Gasteiger partial charge in [-0.2, -0.15) is 4.31 Å². The fraction of sp³-hybridized carbons (Fsp3) is 0.450. The summed E-state index contributed by atoms with van der Waals surface area (Å²) in [6.07, 6.45) is 3.23. The van der Waals surface area contributed by atoms with Crippen LogP contribution in [0, 0.1) is 18.3 Å².